The zero-order valence-corrected chi connectivity index (χ0v) is 12.4. The van der Waals surface area contributed by atoms with Crippen molar-refractivity contribution in [3.8, 4) is 0 Å². The number of aryl methyl sites for hydroxylation is 1. The average molecular weight is 332 g/mol. The zero-order valence-electron chi connectivity index (χ0n) is 9.98. The van der Waals surface area contributed by atoms with Gasteiger partial charge >= 0.3 is 5.97 Å². The highest BCUT2D eigenvalue weighted by atomic mass is 79.9. The van der Waals surface area contributed by atoms with Crippen molar-refractivity contribution in [1.82, 2.24) is 4.90 Å². The highest BCUT2D eigenvalue weighted by Gasteiger charge is 2.33. The average Bonchev–Trinajstić information content (AvgIpc) is 2.68. The fourth-order valence-electron chi connectivity index (χ4n) is 2.14. The van der Waals surface area contributed by atoms with Crippen LogP contribution in [-0.2, 0) is 4.79 Å². The van der Waals surface area contributed by atoms with Gasteiger partial charge in [0.15, 0.2) is 0 Å². The summed E-state index contributed by atoms with van der Waals surface area (Å²) in [6.07, 6.45) is 2.29. The molecule has 1 saturated heterocycles. The van der Waals surface area contributed by atoms with Crippen LogP contribution in [0, 0.1) is 6.92 Å². The molecule has 1 aromatic rings. The van der Waals surface area contributed by atoms with Gasteiger partial charge in [0.1, 0.15) is 6.04 Å². The maximum atomic E-state index is 12.3. The first-order valence-corrected chi connectivity index (χ1v) is 7.41. The predicted octanol–water partition coefficient (Wildman–Crippen LogP) is 2.90. The van der Waals surface area contributed by atoms with Gasteiger partial charge in [-0.25, -0.2) is 4.79 Å². The second kappa shape index (κ2) is 5.40. The Labute approximate surface area is 118 Å². The quantitative estimate of drug-likeness (QED) is 0.906. The van der Waals surface area contributed by atoms with Gasteiger partial charge in [-0.05, 0) is 53.7 Å². The third kappa shape index (κ3) is 2.59. The van der Waals surface area contributed by atoms with E-state index in [2.05, 4.69) is 15.9 Å². The summed E-state index contributed by atoms with van der Waals surface area (Å²) in [5.41, 5.74) is 1.01. The first kappa shape index (κ1) is 13.5. The molecule has 4 nitrogen and oxygen atoms in total. The lowest BCUT2D eigenvalue weighted by atomic mass is 10.0. The molecular formula is C12H14BrNO3S. The molecule has 1 aromatic heterocycles. The van der Waals surface area contributed by atoms with Crippen LogP contribution in [0.15, 0.2) is 9.85 Å². The lowest BCUT2D eigenvalue weighted by Gasteiger charge is -2.32. The molecule has 0 saturated carbocycles. The molecule has 98 valence electrons. The van der Waals surface area contributed by atoms with Crippen molar-refractivity contribution in [3.05, 3.63) is 20.3 Å². The van der Waals surface area contributed by atoms with Crippen LogP contribution in [0.2, 0.25) is 0 Å². The SMILES string of the molecule is Cc1cc(C(=O)N2CCCC[C@H]2C(=O)O)sc1Br. The number of likely N-dealkylation sites (tertiary alicyclic amines) is 1. The second-order valence-electron chi connectivity index (χ2n) is 4.42. The molecular weight excluding hydrogens is 318 g/mol. The number of carboxylic acid groups (broad SMARTS) is 1. The molecule has 2 rings (SSSR count). The number of carbonyl (C=O) groups excluding carboxylic acids is 1. The van der Waals surface area contributed by atoms with Crippen molar-refractivity contribution in [1.29, 1.82) is 0 Å². The van der Waals surface area contributed by atoms with Crippen LogP contribution in [0.1, 0.15) is 34.5 Å². The topological polar surface area (TPSA) is 57.6 Å². The lowest BCUT2D eigenvalue weighted by Crippen LogP contribution is -2.47. The Morgan fingerprint density at radius 1 is 1.50 bits per heavy atom. The Morgan fingerprint density at radius 2 is 2.22 bits per heavy atom. The predicted molar refractivity (Wildman–Crippen MR) is 73.1 cm³/mol. The maximum Gasteiger partial charge on any atom is 0.326 e. The normalized spacial score (nSPS) is 19.9. The fraction of sp³-hybridized carbons (Fsp3) is 0.500. The van der Waals surface area contributed by atoms with Gasteiger partial charge in [-0.3, -0.25) is 4.79 Å². The number of carboxylic acids is 1. The van der Waals surface area contributed by atoms with Crippen molar-refractivity contribution in [2.24, 2.45) is 0 Å². The summed E-state index contributed by atoms with van der Waals surface area (Å²) in [7, 11) is 0. The molecule has 1 aliphatic rings. The Morgan fingerprint density at radius 3 is 2.78 bits per heavy atom. The van der Waals surface area contributed by atoms with Crippen LogP contribution in [0.4, 0.5) is 0 Å². The molecule has 1 amide bonds. The van der Waals surface area contributed by atoms with Crippen LogP contribution in [0.5, 0.6) is 0 Å². The second-order valence-corrected chi connectivity index (χ2v) is 6.79. The molecule has 0 aliphatic carbocycles. The molecule has 0 bridgehead atoms. The van der Waals surface area contributed by atoms with Crippen LogP contribution >= 0.6 is 27.3 Å². The number of hydrogen-bond acceptors (Lipinski definition) is 3. The largest absolute Gasteiger partial charge is 0.480 e. The minimum absolute atomic E-state index is 0.166. The summed E-state index contributed by atoms with van der Waals surface area (Å²) in [5, 5.41) is 9.16. The number of amides is 1. The number of rotatable bonds is 2. The minimum Gasteiger partial charge on any atom is -0.480 e. The van der Waals surface area contributed by atoms with Crippen LogP contribution < -0.4 is 0 Å². The van der Waals surface area contributed by atoms with Gasteiger partial charge in [0.2, 0.25) is 0 Å². The van der Waals surface area contributed by atoms with Crippen molar-refractivity contribution >= 4 is 39.1 Å². The molecule has 1 aliphatic heterocycles. The van der Waals surface area contributed by atoms with Crippen LogP contribution in [-0.4, -0.2) is 34.5 Å². The van der Waals surface area contributed by atoms with Crippen molar-refractivity contribution in [3.63, 3.8) is 0 Å². The number of piperidine rings is 1. The van der Waals surface area contributed by atoms with Gasteiger partial charge in [0, 0.05) is 6.54 Å². The molecule has 1 fully saturated rings. The van der Waals surface area contributed by atoms with E-state index in [1.807, 2.05) is 13.0 Å². The Hall–Kier alpha value is -0.880. The summed E-state index contributed by atoms with van der Waals surface area (Å²) >= 11 is 4.75. The molecule has 0 unspecified atom stereocenters. The molecule has 0 aromatic carbocycles. The van der Waals surface area contributed by atoms with Gasteiger partial charge in [0.05, 0.1) is 8.66 Å². The summed E-state index contributed by atoms with van der Waals surface area (Å²) in [6.45, 7) is 2.45. The van der Waals surface area contributed by atoms with E-state index in [0.717, 1.165) is 22.2 Å². The number of thiophene rings is 1. The third-order valence-electron chi connectivity index (χ3n) is 3.12. The molecule has 1 atom stereocenters. The molecule has 0 radical (unpaired) electrons. The standard InChI is InChI=1S/C12H14BrNO3S/c1-7-6-9(18-10(7)13)11(15)14-5-3-2-4-8(14)12(16)17/h6,8H,2-5H2,1H3,(H,16,17)/t8-/m0/s1. The van der Waals surface area contributed by atoms with E-state index in [4.69, 9.17) is 5.11 Å². The Balaban J connectivity index is 2.23. The van der Waals surface area contributed by atoms with Gasteiger partial charge in [-0.1, -0.05) is 0 Å². The van der Waals surface area contributed by atoms with Gasteiger partial charge in [-0.15, -0.1) is 11.3 Å². The molecule has 2 heterocycles. The highest BCUT2D eigenvalue weighted by Crippen LogP contribution is 2.30. The zero-order chi connectivity index (χ0) is 13.3. The third-order valence-corrected chi connectivity index (χ3v) is 5.24. The fourth-order valence-corrected chi connectivity index (χ4v) is 3.63. The highest BCUT2D eigenvalue weighted by molar-refractivity contribution is 9.11. The number of hydrogen-bond donors (Lipinski definition) is 1. The van der Waals surface area contributed by atoms with E-state index in [0.29, 0.717) is 17.8 Å². The summed E-state index contributed by atoms with van der Waals surface area (Å²) in [5.74, 6) is -1.07. The number of nitrogens with zero attached hydrogens (tertiary/aromatic N) is 1. The minimum atomic E-state index is -0.907. The molecule has 6 heteroatoms. The number of carbonyl (C=O) groups is 2. The van der Waals surface area contributed by atoms with Gasteiger partial charge < -0.3 is 10.0 Å². The molecule has 18 heavy (non-hydrogen) atoms. The smallest absolute Gasteiger partial charge is 0.326 e. The van der Waals surface area contributed by atoms with Crippen molar-refractivity contribution in [2.45, 2.75) is 32.2 Å². The van der Waals surface area contributed by atoms with Crippen molar-refractivity contribution in [2.75, 3.05) is 6.54 Å². The van der Waals surface area contributed by atoms with E-state index in [1.165, 1.54) is 16.2 Å². The van der Waals surface area contributed by atoms with Crippen LogP contribution in [0.25, 0.3) is 0 Å². The van der Waals surface area contributed by atoms with E-state index >= 15 is 0 Å². The Bertz CT molecular complexity index is 466. The molecule has 0 spiro atoms. The monoisotopic (exact) mass is 331 g/mol. The lowest BCUT2D eigenvalue weighted by molar-refractivity contribution is -0.143. The van der Waals surface area contributed by atoms with E-state index in [-0.39, 0.29) is 5.91 Å². The van der Waals surface area contributed by atoms with E-state index in [1.54, 1.807) is 0 Å². The first-order chi connectivity index (χ1) is 8.50. The first-order valence-electron chi connectivity index (χ1n) is 5.80. The van der Waals surface area contributed by atoms with Gasteiger partial charge in [0.25, 0.3) is 5.91 Å². The van der Waals surface area contributed by atoms with E-state index in [9.17, 15) is 9.59 Å². The number of aliphatic carboxylic acids is 1. The summed E-state index contributed by atoms with van der Waals surface area (Å²) < 4.78 is 0.926. The number of halogens is 1. The van der Waals surface area contributed by atoms with Gasteiger partial charge in [-0.2, -0.15) is 0 Å². The Kier molecular flexibility index (Phi) is 4.07. The maximum absolute atomic E-state index is 12.3. The van der Waals surface area contributed by atoms with E-state index < -0.39 is 12.0 Å². The summed E-state index contributed by atoms with van der Waals surface area (Å²) in [6, 6.07) is 1.14. The summed E-state index contributed by atoms with van der Waals surface area (Å²) in [4.78, 5) is 25.6. The molecule has 1 N–H and O–H groups in total. The van der Waals surface area contributed by atoms with Crippen LogP contribution in [0.3, 0.4) is 0 Å². The van der Waals surface area contributed by atoms with Crippen molar-refractivity contribution < 1.29 is 14.7 Å².